The predicted octanol–water partition coefficient (Wildman–Crippen LogP) is 3.05. The third kappa shape index (κ3) is 5.03. The van der Waals surface area contributed by atoms with E-state index >= 15 is 0 Å². The molecule has 19 heavy (non-hydrogen) atoms. The summed E-state index contributed by atoms with van der Waals surface area (Å²) in [5, 5.41) is 12.4. The zero-order valence-corrected chi connectivity index (χ0v) is 11.9. The fourth-order valence-corrected chi connectivity index (χ4v) is 2.31. The Bertz CT molecular complexity index is 358. The van der Waals surface area contributed by atoms with Crippen LogP contribution in [-0.4, -0.2) is 17.6 Å². The van der Waals surface area contributed by atoms with Crippen molar-refractivity contribution in [3.8, 4) is 0 Å². The van der Waals surface area contributed by atoms with Gasteiger partial charge in [0.15, 0.2) is 0 Å². The number of aliphatic hydroxyl groups is 1. The van der Waals surface area contributed by atoms with Crippen molar-refractivity contribution in [2.45, 2.75) is 45.6 Å². The van der Waals surface area contributed by atoms with E-state index in [0.717, 1.165) is 31.2 Å². The molecule has 0 radical (unpaired) electrons. The number of carbonyl (C=O) groups is 1. The van der Waals surface area contributed by atoms with E-state index in [2.05, 4.69) is 19.2 Å². The van der Waals surface area contributed by atoms with Gasteiger partial charge >= 0.3 is 0 Å². The normalized spacial score (nSPS) is 12.4. The Morgan fingerprint density at radius 2 is 1.74 bits per heavy atom. The molecule has 0 bridgehead atoms. The number of amides is 1. The second-order valence-corrected chi connectivity index (χ2v) is 4.93. The number of aliphatic hydroxyl groups excluding tert-OH is 1. The number of nitrogens with one attached hydrogen (secondary N) is 1. The first-order valence-electron chi connectivity index (χ1n) is 7.19. The SMILES string of the molecule is CCCC(CCC)C(=O)N[C@@H](CO)c1ccccc1. The van der Waals surface area contributed by atoms with Crippen LogP contribution in [0.5, 0.6) is 0 Å². The van der Waals surface area contributed by atoms with Crippen molar-refractivity contribution in [3.63, 3.8) is 0 Å². The van der Waals surface area contributed by atoms with Crippen molar-refractivity contribution in [1.29, 1.82) is 0 Å². The van der Waals surface area contributed by atoms with Crippen LogP contribution in [-0.2, 0) is 4.79 Å². The van der Waals surface area contributed by atoms with E-state index in [4.69, 9.17) is 0 Å². The van der Waals surface area contributed by atoms with Crippen molar-refractivity contribution in [3.05, 3.63) is 35.9 Å². The lowest BCUT2D eigenvalue weighted by Crippen LogP contribution is -2.35. The van der Waals surface area contributed by atoms with Gasteiger partial charge in [-0.1, -0.05) is 57.0 Å². The number of hydrogen-bond donors (Lipinski definition) is 2. The van der Waals surface area contributed by atoms with Gasteiger partial charge < -0.3 is 10.4 Å². The van der Waals surface area contributed by atoms with Crippen molar-refractivity contribution in [1.82, 2.24) is 5.32 Å². The minimum Gasteiger partial charge on any atom is -0.394 e. The van der Waals surface area contributed by atoms with Gasteiger partial charge in [-0.05, 0) is 18.4 Å². The molecule has 0 fully saturated rings. The van der Waals surface area contributed by atoms with Crippen LogP contribution in [0.15, 0.2) is 30.3 Å². The summed E-state index contributed by atoms with van der Waals surface area (Å²) < 4.78 is 0. The molecule has 0 spiro atoms. The Morgan fingerprint density at radius 3 is 2.21 bits per heavy atom. The number of benzene rings is 1. The monoisotopic (exact) mass is 263 g/mol. The zero-order valence-electron chi connectivity index (χ0n) is 11.9. The van der Waals surface area contributed by atoms with E-state index in [1.165, 1.54) is 0 Å². The molecule has 1 atom stereocenters. The highest BCUT2D eigenvalue weighted by molar-refractivity contribution is 5.79. The zero-order chi connectivity index (χ0) is 14.1. The number of carbonyl (C=O) groups excluding carboxylic acids is 1. The topological polar surface area (TPSA) is 49.3 Å². The molecular weight excluding hydrogens is 238 g/mol. The molecule has 0 saturated heterocycles. The Kier molecular flexibility index (Phi) is 7.19. The van der Waals surface area contributed by atoms with Gasteiger partial charge in [-0.15, -0.1) is 0 Å². The molecular formula is C16H25NO2. The van der Waals surface area contributed by atoms with Gasteiger partial charge in [0, 0.05) is 5.92 Å². The first-order valence-corrected chi connectivity index (χ1v) is 7.19. The van der Waals surface area contributed by atoms with Crippen LogP contribution in [0.4, 0.5) is 0 Å². The molecule has 1 amide bonds. The van der Waals surface area contributed by atoms with Gasteiger partial charge in [-0.3, -0.25) is 4.79 Å². The second kappa shape index (κ2) is 8.70. The number of hydrogen-bond acceptors (Lipinski definition) is 2. The van der Waals surface area contributed by atoms with E-state index in [9.17, 15) is 9.90 Å². The molecule has 1 rings (SSSR count). The van der Waals surface area contributed by atoms with Crippen molar-refractivity contribution >= 4 is 5.91 Å². The molecule has 3 nitrogen and oxygen atoms in total. The maximum absolute atomic E-state index is 12.2. The Labute approximate surface area is 116 Å². The first-order chi connectivity index (χ1) is 9.22. The molecule has 2 N–H and O–H groups in total. The van der Waals surface area contributed by atoms with Gasteiger partial charge in [0.05, 0.1) is 12.6 Å². The molecule has 0 heterocycles. The van der Waals surface area contributed by atoms with Crippen LogP contribution < -0.4 is 5.32 Å². The van der Waals surface area contributed by atoms with Crippen molar-refractivity contribution in [2.75, 3.05) is 6.61 Å². The highest BCUT2D eigenvalue weighted by atomic mass is 16.3. The van der Waals surface area contributed by atoms with Gasteiger partial charge in [0.2, 0.25) is 5.91 Å². The summed E-state index contributed by atoms with van der Waals surface area (Å²) in [5.41, 5.74) is 0.949. The standard InChI is InChI=1S/C16H25NO2/c1-3-8-14(9-4-2)16(19)17-15(12-18)13-10-6-5-7-11-13/h5-7,10-11,14-15,18H,3-4,8-9,12H2,1-2H3,(H,17,19)/t15-/m0/s1. The van der Waals surface area contributed by atoms with Crippen LogP contribution in [0.25, 0.3) is 0 Å². The third-order valence-corrected chi connectivity index (χ3v) is 3.35. The van der Waals surface area contributed by atoms with E-state index in [1.807, 2.05) is 30.3 Å². The van der Waals surface area contributed by atoms with Gasteiger partial charge in [-0.25, -0.2) is 0 Å². The fraction of sp³-hybridized carbons (Fsp3) is 0.562. The Morgan fingerprint density at radius 1 is 1.16 bits per heavy atom. The third-order valence-electron chi connectivity index (χ3n) is 3.35. The minimum atomic E-state index is -0.301. The molecule has 0 aliphatic rings. The number of rotatable bonds is 8. The second-order valence-electron chi connectivity index (χ2n) is 4.93. The van der Waals surface area contributed by atoms with E-state index in [0.29, 0.717) is 0 Å². The van der Waals surface area contributed by atoms with Crippen molar-refractivity contribution in [2.24, 2.45) is 5.92 Å². The average Bonchev–Trinajstić information content (AvgIpc) is 2.45. The Balaban J connectivity index is 2.66. The van der Waals surface area contributed by atoms with E-state index in [1.54, 1.807) is 0 Å². The first kappa shape index (κ1) is 15.7. The molecule has 0 aromatic heterocycles. The quantitative estimate of drug-likeness (QED) is 0.757. The summed E-state index contributed by atoms with van der Waals surface area (Å²) in [4.78, 5) is 12.2. The smallest absolute Gasteiger partial charge is 0.223 e. The van der Waals surface area contributed by atoms with Crippen LogP contribution in [0, 0.1) is 5.92 Å². The maximum atomic E-state index is 12.2. The molecule has 0 aliphatic heterocycles. The van der Waals surface area contributed by atoms with Gasteiger partial charge in [-0.2, -0.15) is 0 Å². The average molecular weight is 263 g/mol. The largest absolute Gasteiger partial charge is 0.394 e. The summed E-state index contributed by atoms with van der Waals surface area (Å²) in [7, 11) is 0. The fourth-order valence-electron chi connectivity index (χ4n) is 2.31. The molecule has 1 aromatic rings. The summed E-state index contributed by atoms with van der Waals surface area (Å²) in [6.07, 6.45) is 3.83. The van der Waals surface area contributed by atoms with Crippen LogP contribution in [0.3, 0.4) is 0 Å². The van der Waals surface area contributed by atoms with Crippen LogP contribution in [0.1, 0.15) is 51.1 Å². The summed E-state index contributed by atoms with van der Waals surface area (Å²) >= 11 is 0. The molecule has 0 saturated carbocycles. The molecule has 106 valence electrons. The van der Waals surface area contributed by atoms with E-state index < -0.39 is 0 Å². The van der Waals surface area contributed by atoms with E-state index in [-0.39, 0.29) is 24.5 Å². The van der Waals surface area contributed by atoms with Crippen LogP contribution >= 0.6 is 0 Å². The molecule has 0 aliphatic carbocycles. The summed E-state index contributed by atoms with van der Waals surface area (Å²) in [6, 6.07) is 9.31. The molecule has 0 unspecified atom stereocenters. The van der Waals surface area contributed by atoms with Gasteiger partial charge in [0.25, 0.3) is 0 Å². The molecule has 3 heteroatoms. The Hall–Kier alpha value is -1.35. The highest BCUT2D eigenvalue weighted by Gasteiger charge is 2.20. The maximum Gasteiger partial charge on any atom is 0.223 e. The lowest BCUT2D eigenvalue weighted by Gasteiger charge is -2.21. The highest BCUT2D eigenvalue weighted by Crippen LogP contribution is 2.17. The van der Waals surface area contributed by atoms with Crippen LogP contribution in [0.2, 0.25) is 0 Å². The van der Waals surface area contributed by atoms with Crippen molar-refractivity contribution < 1.29 is 9.90 Å². The lowest BCUT2D eigenvalue weighted by atomic mass is 9.96. The molecule has 1 aromatic carbocycles. The minimum absolute atomic E-state index is 0.0617. The predicted molar refractivity (Wildman–Crippen MR) is 77.7 cm³/mol. The summed E-state index contributed by atoms with van der Waals surface area (Å²) in [6.45, 7) is 4.12. The summed E-state index contributed by atoms with van der Waals surface area (Å²) in [5.74, 6) is 0.124. The van der Waals surface area contributed by atoms with Gasteiger partial charge in [0.1, 0.15) is 0 Å². The lowest BCUT2D eigenvalue weighted by molar-refractivity contribution is -0.126.